The number of nitrogens with two attached hydrogens (primary N) is 1. The van der Waals surface area contributed by atoms with E-state index in [9.17, 15) is 14.0 Å². The van der Waals surface area contributed by atoms with Crippen molar-refractivity contribution in [2.45, 2.75) is 6.10 Å². The van der Waals surface area contributed by atoms with E-state index in [0.717, 1.165) is 4.90 Å². The van der Waals surface area contributed by atoms with Crippen LogP contribution in [0.2, 0.25) is 0 Å². The van der Waals surface area contributed by atoms with Gasteiger partial charge in [0.05, 0.1) is 24.6 Å². The number of nitrogens with zero attached hydrogens (tertiary/aromatic N) is 5. The number of carbonyl (C=O) groups is 2. The second-order valence-corrected chi connectivity index (χ2v) is 5.80. The molecule has 1 fully saturated rings. The van der Waals surface area contributed by atoms with E-state index in [1.807, 2.05) is 0 Å². The molecular weight excluding hydrogens is 355 g/mol. The van der Waals surface area contributed by atoms with Gasteiger partial charge in [0.1, 0.15) is 5.82 Å². The van der Waals surface area contributed by atoms with Crippen LogP contribution in [0.15, 0.2) is 48.9 Å². The van der Waals surface area contributed by atoms with Crippen molar-refractivity contribution in [1.82, 2.24) is 20.0 Å². The van der Waals surface area contributed by atoms with Gasteiger partial charge in [-0.25, -0.2) is 18.9 Å². The zero-order valence-electron chi connectivity index (χ0n) is 13.8. The van der Waals surface area contributed by atoms with Crippen molar-refractivity contribution in [1.29, 1.82) is 0 Å². The van der Waals surface area contributed by atoms with Crippen LogP contribution in [0.4, 0.5) is 14.9 Å². The summed E-state index contributed by atoms with van der Waals surface area (Å²) >= 11 is 0. The van der Waals surface area contributed by atoms with Gasteiger partial charge in [0.15, 0.2) is 11.9 Å². The van der Waals surface area contributed by atoms with Gasteiger partial charge in [-0.3, -0.25) is 9.69 Å². The molecule has 9 nitrogen and oxygen atoms in total. The van der Waals surface area contributed by atoms with E-state index in [0.29, 0.717) is 16.9 Å². The van der Waals surface area contributed by atoms with E-state index in [1.54, 1.807) is 24.4 Å². The van der Waals surface area contributed by atoms with Crippen LogP contribution >= 0.6 is 0 Å². The van der Waals surface area contributed by atoms with Gasteiger partial charge in [-0.15, -0.1) is 5.10 Å². The van der Waals surface area contributed by atoms with Crippen molar-refractivity contribution in [2.24, 2.45) is 5.73 Å². The largest absolute Gasteiger partial charge is 0.434 e. The highest BCUT2D eigenvalue weighted by molar-refractivity contribution is 5.95. The van der Waals surface area contributed by atoms with Gasteiger partial charge in [0.2, 0.25) is 0 Å². The first-order chi connectivity index (χ1) is 13.0. The molecule has 3 aromatic rings. The lowest BCUT2D eigenvalue weighted by atomic mass is 10.1. The summed E-state index contributed by atoms with van der Waals surface area (Å²) in [6, 6.07) is 7.68. The Bertz CT molecular complexity index is 1010. The highest BCUT2D eigenvalue weighted by atomic mass is 19.1. The molecule has 1 aliphatic heterocycles. The number of carbonyl (C=O) groups excluding carboxylic acids is 2. The molecule has 3 heterocycles. The smallest absolute Gasteiger partial charge is 0.415 e. The molecule has 27 heavy (non-hydrogen) atoms. The van der Waals surface area contributed by atoms with E-state index in [1.165, 1.54) is 29.2 Å². The predicted octanol–water partition coefficient (Wildman–Crippen LogP) is 1.28. The summed E-state index contributed by atoms with van der Waals surface area (Å²) in [6.45, 7) is -0.0545. The second-order valence-electron chi connectivity index (χ2n) is 5.80. The molecule has 2 aromatic heterocycles. The monoisotopic (exact) mass is 368 g/mol. The Balaban J connectivity index is 1.59. The first kappa shape index (κ1) is 16.6. The number of cyclic esters (lactones) is 1. The van der Waals surface area contributed by atoms with E-state index < -0.39 is 23.9 Å². The minimum absolute atomic E-state index is 0.0545. The minimum atomic E-state index is -1.05. The number of rotatable bonds is 4. The number of amides is 2. The van der Waals surface area contributed by atoms with Crippen molar-refractivity contribution >= 4 is 17.7 Å². The SMILES string of the molecule is NC(=O)[C@H]1CN(c2ccc(-c3ccc(-n4ccnn4)nc3)c(F)c2)C(=O)O1. The quantitative estimate of drug-likeness (QED) is 0.741. The average Bonchev–Trinajstić information content (AvgIpc) is 3.32. The summed E-state index contributed by atoms with van der Waals surface area (Å²) in [7, 11) is 0. The highest BCUT2D eigenvalue weighted by Crippen LogP contribution is 2.29. The van der Waals surface area contributed by atoms with Gasteiger partial charge in [-0.1, -0.05) is 5.21 Å². The Morgan fingerprint density at radius 1 is 1.30 bits per heavy atom. The summed E-state index contributed by atoms with van der Waals surface area (Å²) in [6.07, 6.45) is 2.90. The van der Waals surface area contributed by atoms with Crippen LogP contribution in [0.3, 0.4) is 0 Å². The third-order valence-electron chi connectivity index (χ3n) is 4.11. The molecule has 10 heteroatoms. The van der Waals surface area contributed by atoms with Crippen molar-refractivity contribution in [3.63, 3.8) is 0 Å². The molecule has 0 bridgehead atoms. The van der Waals surface area contributed by atoms with E-state index >= 15 is 0 Å². The Morgan fingerprint density at radius 3 is 2.74 bits per heavy atom. The molecule has 1 atom stereocenters. The third kappa shape index (κ3) is 3.08. The summed E-state index contributed by atoms with van der Waals surface area (Å²) in [5.41, 5.74) is 6.29. The third-order valence-corrected chi connectivity index (χ3v) is 4.11. The van der Waals surface area contributed by atoms with Gasteiger partial charge in [-0.2, -0.15) is 0 Å². The molecule has 1 aromatic carbocycles. The molecule has 0 radical (unpaired) electrons. The first-order valence-electron chi connectivity index (χ1n) is 7.93. The number of aromatic nitrogens is 4. The van der Waals surface area contributed by atoms with Gasteiger partial charge < -0.3 is 10.5 Å². The van der Waals surface area contributed by atoms with E-state index in [4.69, 9.17) is 10.5 Å². The number of halogens is 1. The van der Waals surface area contributed by atoms with Crippen LogP contribution < -0.4 is 10.6 Å². The molecule has 0 unspecified atom stereocenters. The lowest BCUT2D eigenvalue weighted by molar-refractivity contribution is -0.124. The Labute approximate surface area is 152 Å². The fourth-order valence-electron chi connectivity index (χ4n) is 2.74. The maximum Gasteiger partial charge on any atom is 0.415 e. The van der Waals surface area contributed by atoms with Crippen molar-refractivity contribution in [3.05, 3.63) is 54.7 Å². The maximum absolute atomic E-state index is 14.6. The first-order valence-corrected chi connectivity index (χ1v) is 7.93. The molecule has 0 saturated carbocycles. The molecule has 1 saturated heterocycles. The second kappa shape index (κ2) is 6.48. The lowest BCUT2D eigenvalue weighted by Crippen LogP contribution is -2.32. The van der Waals surface area contributed by atoms with Crippen molar-refractivity contribution in [2.75, 3.05) is 11.4 Å². The summed E-state index contributed by atoms with van der Waals surface area (Å²) in [5, 5.41) is 7.54. The summed E-state index contributed by atoms with van der Waals surface area (Å²) < 4.78 is 21.0. The van der Waals surface area contributed by atoms with Crippen LogP contribution in [0.5, 0.6) is 0 Å². The Kier molecular flexibility index (Phi) is 3.99. The standard InChI is InChI=1S/C17H13FN6O3/c18-13-7-11(23-9-14(16(19)25)27-17(23)26)2-3-12(13)10-1-4-15(20-8-10)24-6-5-21-22-24/h1-8,14H,9H2,(H2,19,25)/t14-/m1/s1. The molecule has 4 rings (SSSR count). The molecule has 1 aliphatic rings. The van der Waals surface area contributed by atoms with Crippen molar-refractivity contribution in [3.8, 4) is 16.9 Å². The minimum Gasteiger partial charge on any atom is -0.434 e. The predicted molar refractivity (Wildman–Crippen MR) is 91.4 cm³/mol. The van der Waals surface area contributed by atoms with Crippen LogP contribution in [0.25, 0.3) is 16.9 Å². The van der Waals surface area contributed by atoms with Gasteiger partial charge >= 0.3 is 6.09 Å². The molecule has 2 N–H and O–H groups in total. The van der Waals surface area contributed by atoms with E-state index in [-0.39, 0.29) is 12.2 Å². The number of ether oxygens (including phenoxy) is 1. The van der Waals surface area contributed by atoms with Gasteiger partial charge in [-0.05, 0) is 30.3 Å². The maximum atomic E-state index is 14.6. The number of hydrogen-bond donors (Lipinski definition) is 1. The van der Waals surface area contributed by atoms with E-state index in [2.05, 4.69) is 15.3 Å². The number of primary amides is 1. The molecular formula is C17H13FN6O3. The van der Waals surface area contributed by atoms with Crippen LogP contribution in [0.1, 0.15) is 0 Å². The van der Waals surface area contributed by atoms with Crippen LogP contribution in [0, 0.1) is 5.82 Å². The van der Waals surface area contributed by atoms with Gasteiger partial charge in [0.25, 0.3) is 5.91 Å². The molecule has 0 aliphatic carbocycles. The zero-order chi connectivity index (χ0) is 19.0. The number of pyridine rings is 1. The number of benzene rings is 1. The number of hydrogen-bond acceptors (Lipinski definition) is 6. The lowest BCUT2D eigenvalue weighted by Gasteiger charge is -2.14. The average molecular weight is 368 g/mol. The number of anilines is 1. The normalized spacial score (nSPS) is 16.4. The Hall–Kier alpha value is -3.82. The fraction of sp³-hybridized carbons (Fsp3) is 0.118. The highest BCUT2D eigenvalue weighted by Gasteiger charge is 2.36. The fourth-order valence-corrected chi connectivity index (χ4v) is 2.74. The van der Waals surface area contributed by atoms with Crippen LogP contribution in [-0.4, -0.2) is 44.6 Å². The molecule has 136 valence electrons. The van der Waals surface area contributed by atoms with Crippen molar-refractivity contribution < 1.29 is 18.7 Å². The summed E-state index contributed by atoms with van der Waals surface area (Å²) in [5.74, 6) is -0.745. The zero-order valence-corrected chi connectivity index (χ0v) is 13.8. The molecule has 2 amide bonds. The molecule has 0 spiro atoms. The Morgan fingerprint density at radius 2 is 2.15 bits per heavy atom. The van der Waals surface area contributed by atoms with Gasteiger partial charge in [0, 0.05) is 17.3 Å². The topological polar surface area (TPSA) is 116 Å². The summed E-state index contributed by atoms with van der Waals surface area (Å²) in [4.78, 5) is 28.4. The van der Waals surface area contributed by atoms with Crippen LogP contribution in [-0.2, 0) is 9.53 Å².